The number of carbonyl (C=O) groups is 1. The summed E-state index contributed by atoms with van der Waals surface area (Å²) in [4.78, 5) is 12.4. The Bertz CT molecular complexity index is 1030. The highest BCUT2D eigenvalue weighted by Gasteiger charge is 2.31. The van der Waals surface area contributed by atoms with E-state index >= 15 is 0 Å². The van der Waals surface area contributed by atoms with Gasteiger partial charge < -0.3 is 14.8 Å². The van der Waals surface area contributed by atoms with Gasteiger partial charge in [0.1, 0.15) is 5.82 Å². The van der Waals surface area contributed by atoms with Gasteiger partial charge in [0, 0.05) is 17.9 Å². The van der Waals surface area contributed by atoms with E-state index in [-0.39, 0.29) is 18.6 Å². The van der Waals surface area contributed by atoms with Gasteiger partial charge in [-0.1, -0.05) is 29.8 Å². The van der Waals surface area contributed by atoms with Gasteiger partial charge in [-0.3, -0.25) is 4.79 Å². The summed E-state index contributed by atoms with van der Waals surface area (Å²) < 4.78 is 12.5. The number of carbonyl (C=O) groups excluding carboxylic acids is 1. The van der Waals surface area contributed by atoms with Crippen molar-refractivity contribution in [3.8, 4) is 17.2 Å². The summed E-state index contributed by atoms with van der Waals surface area (Å²) >= 11 is 6.31. The number of para-hydroxylation sites is 1. The van der Waals surface area contributed by atoms with E-state index in [0.29, 0.717) is 23.0 Å². The van der Waals surface area contributed by atoms with Crippen molar-refractivity contribution in [3.63, 3.8) is 0 Å². The molecule has 130 valence electrons. The van der Waals surface area contributed by atoms with Crippen molar-refractivity contribution in [1.29, 1.82) is 0 Å². The predicted octanol–water partition coefficient (Wildman–Crippen LogP) is 3.73. The minimum atomic E-state index is -0.107. The van der Waals surface area contributed by atoms with Crippen LogP contribution in [0.4, 0.5) is 5.82 Å². The SMILES string of the molecule is O=C1CC(c2ccc3c(c2)OCO3)c2cnn(-c3ccccc3Cl)c2N1. The second-order valence-electron chi connectivity index (χ2n) is 6.23. The fourth-order valence-electron chi connectivity index (χ4n) is 3.45. The molecule has 0 aliphatic carbocycles. The van der Waals surface area contributed by atoms with E-state index in [0.717, 1.165) is 22.6 Å². The first-order chi connectivity index (χ1) is 12.7. The van der Waals surface area contributed by atoms with E-state index in [1.54, 1.807) is 16.9 Å². The molecule has 1 unspecified atom stereocenters. The second-order valence-corrected chi connectivity index (χ2v) is 6.64. The standard InChI is InChI=1S/C19H14ClN3O3/c20-14-3-1-2-4-15(14)23-19-13(9-21-23)12(8-18(24)22-19)11-5-6-16-17(7-11)26-10-25-16/h1-7,9,12H,8,10H2,(H,22,24). The number of amides is 1. The molecule has 2 aromatic carbocycles. The number of hydrogen-bond acceptors (Lipinski definition) is 4. The van der Waals surface area contributed by atoms with Crippen molar-refractivity contribution in [3.05, 3.63) is 64.8 Å². The van der Waals surface area contributed by atoms with Crippen LogP contribution in [-0.2, 0) is 4.79 Å². The number of halogens is 1. The maximum absolute atomic E-state index is 12.4. The maximum atomic E-state index is 12.4. The zero-order valence-electron chi connectivity index (χ0n) is 13.6. The second kappa shape index (κ2) is 5.78. The molecule has 1 N–H and O–H groups in total. The van der Waals surface area contributed by atoms with E-state index in [9.17, 15) is 4.79 Å². The number of nitrogens with one attached hydrogen (secondary N) is 1. The lowest BCUT2D eigenvalue weighted by atomic mass is 9.87. The molecule has 6 nitrogen and oxygen atoms in total. The van der Waals surface area contributed by atoms with Gasteiger partial charge in [-0.15, -0.1) is 0 Å². The van der Waals surface area contributed by atoms with Gasteiger partial charge >= 0.3 is 0 Å². The molecule has 26 heavy (non-hydrogen) atoms. The van der Waals surface area contributed by atoms with Crippen LogP contribution in [0.3, 0.4) is 0 Å². The van der Waals surface area contributed by atoms with Crippen LogP contribution in [0.1, 0.15) is 23.5 Å². The molecule has 3 aromatic rings. The molecule has 0 fully saturated rings. The minimum absolute atomic E-state index is 0.0611. The van der Waals surface area contributed by atoms with Crippen LogP contribution in [0, 0.1) is 0 Å². The molecule has 2 aliphatic rings. The zero-order chi connectivity index (χ0) is 17.7. The molecule has 1 aromatic heterocycles. The summed E-state index contributed by atoms with van der Waals surface area (Å²) in [5, 5.41) is 7.97. The van der Waals surface area contributed by atoms with E-state index in [1.807, 2.05) is 36.4 Å². The topological polar surface area (TPSA) is 65.4 Å². The number of ether oxygens (including phenoxy) is 2. The normalized spacial score (nSPS) is 17.7. The highest BCUT2D eigenvalue weighted by atomic mass is 35.5. The Morgan fingerprint density at radius 2 is 2.00 bits per heavy atom. The van der Waals surface area contributed by atoms with Crippen molar-refractivity contribution >= 4 is 23.3 Å². The lowest BCUT2D eigenvalue weighted by Gasteiger charge is -2.24. The van der Waals surface area contributed by atoms with E-state index in [2.05, 4.69) is 10.4 Å². The van der Waals surface area contributed by atoms with Gasteiger partial charge in [0.05, 0.1) is 16.9 Å². The van der Waals surface area contributed by atoms with Crippen LogP contribution in [-0.4, -0.2) is 22.5 Å². The Morgan fingerprint density at radius 3 is 2.88 bits per heavy atom. The molecule has 0 spiro atoms. The van der Waals surface area contributed by atoms with Gasteiger partial charge in [0.15, 0.2) is 11.5 Å². The van der Waals surface area contributed by atoms with Crippen LogP contribution >= 0.6 is 11.6 Å². The average Bonchev–Trinajstić information content (AvgIpc) is 3.27. The molecular weight excluding hydrogens is 354 g/mol. The first kappa shape index (κ1) is 15.3. The van der Waals surface area contributed by atoms with Crippen LogP contribution in [0.2, 0.25) is 5.02 Å². The number of fused-ring (bicyclic) bond motifs is 2. The van der Waals surface area contributed by atoms with Gasteiger partial charge in [-0.25, -0.2) is 4.68 Å². The summed E-state index contributed by atoms with van der Waals surface area (Å²) in [5.74, 6) is 1.91. The van der Waals surface area contributed by atoms with Gasteiger partial charge in [0.25, 0.3) is 0 Å². The van der Waals surface area contributed by atoms with Crippen molar-refractivity contribution in [2.45, 2.75) is 12.3 Å². The quantitative estimate of drug-likeness (QED) is 0.749. The summed E-state index contributed by atoms with van der Waals surface area (Å²) in [7, 11) is 0. The largest absolute Gasteiger partial charge is 0.454 e. The van der Waals surface area contributed by atoms with Crippen LogP contribution < -0.4 is 14.8 Å². The molecule has 2 aliphatic heterocycles. The van der Waals surface area contributed by atoms with E-state index in [1.165, 1.54) is 0 Å². The minimum Gasteiger partial charge on any atom is -0.454 e. The third kappa shape index (κ3) is 2.34. The molecule has 7 heteroatoms. The number of rotatable bonds is 2. The van der Waals surface area contributed by atoms with Crippen molar-refractivity contribution in [1.82, 2.24) is 9.78 Å². The summed E-state index contributed by atoms with van der Waals surface area (Å²) in [6, 6.07) is 13.2. The first-order valence-corrected chi connectivity index (χ1v) is 8.61. The molecule has 0 saturated carbocycles. The molecule has 3 heterocycles. The Hall–Kier alpha value is -2.99. The Kier molecular flexibility index (Phi) is 3.39. The maximum Gasteiger partial charge on any atom is 0.231 e. The van der Waals surface area contributed by atoms with Crippen LogP contribution in [0.25, 0.3) is 5.69 Å². The third-order valence-electron chi connectivity index (χ3n) is 4.70. The van der Waals surface area contributed by atoms with Gasteiger partial charge in [-0.2, -0.15) is 5.10 Å². The molecule has 0 saturated heterocycles. The van der Waals surface area contributed by atoms with Gasteiger partial charge in [0.2, 0.25) is 12.7 Å². The smallest absolute Gasteiger partial charge is 0.231 e. The molecule has 0 radical (unpaired) electrons. The Labute approximate surface area is 154 Å². The predicted molar refractivity (Wildman–Crippen MR) is 96.2 cm³/mol. The molecule has 1 atom stereocenters. The fraction of sp³-hybridized carbons (Fsp3) is 0.158. The van der Waals surface area contributed by atoms with Gasteiger partial charge in [-0.05, 0) is 29.8 Å². The zero-order valence-corrected chi connectivity index (χ0v) is 14.4. The molecule has 0 bridgehead atoms. The highest BCUT2D eigenvalue weighted by molar-refractivity contribution is 6.32. The van der Waals surface area contributed by atoms with Crippen molar-refractivity contribution < 1.29 is 14.3 Å². The molecule has 1 amide bonds. The number of benzene rings is 2. The monoisotopic (exact) mass is 367 g/mol. The molecular formula is C19H14ClN3O3. The first-order valence-electron chi connectivity index (χ1n) is 8.23. The lowest BCUT2D eigenvalue weighted by molar-refractivity contribution is -0.116. The summed E-state index contributed by atoms with van der Waals surface area (Å²) in [6.45, 7) is 0.222. The van der Waals surface area contributed by atoms with Crippen molar-refractivity contribution in [2.75, 3.05) is 12.1 Å². The van der Waals surface area contributed by atoms with Crippen LogP contribution in [0.5, 0.6) is 11.5 Å². The number of aromatic nitrogens is 2. The third-order valence-corrected chi connectivity index (χ3v) is 5.02. The summed E-state index contributed by atoms with van der Waals surface area (Å²) in [6.07, 6.45) is 2.13. The van der Waals surface area contributed by atoms with Crippen molar-refractivity contribution in [2.24, 2.45) is 0 Å². The highest BCUT2D eigenvalue weighted by Crippen LogP contribution is 2.42. The number of hydrogen-bond donors (Lipinski definition) is 1. The summed E-state index contributed by atoms with van der Waals surface area (Å²) in [5.41, 5.74) is 2.66. The Balaban J connectivity index is 1.62. The Morgan fingerprint density at radius 1 is 1.15 bits per heavy atom. The number of nitrogens with zero attached hydrogens (tertiary/aromatic N) is 2. The fourth-order valence-corrected chi connectivity index (χ4v) is 3.67. The lowest BCUT2D eigenvalue weighted by Crippen LogP contribution is -2.24. The average molecular weight is 368 g/mol. The molecule has 5 rings (SSSR count). The number of anilines is 1. The van der Waals surface area contributed by atoms with Crippen LogP contribution in [0.15, 0.2) is 48.7 Å². The van der Waals surface area contributed by atoms with E-state index in [4.69, 9.17) is 21.1 Å². The van der Waals surface area contributed by atoms with E-state index < -0.39 is 0 Å².